The molecule has 8 heteroatoms. The van der Waals surface area contributed by atoms with Crippen molar-refractivity contribution in [2.45, 2.75) is 72.3 Å². The minimum absolute atomic E-state index is 0.0416. The van der Waals surface area contributed by atoms with Crippen LogP contribution in [0.15, 0.2) is 49.2 Å². The number of nitrogens with one attached hydrogen (secondary N) is 2. The van der Waals surface area contributed by atoms with Crippen LogP contribution in [0.5, 0.6) is 0 Å². The molecule has 2 aromatic heterocycles. The van der Waals surface area contributed by atoms with Crippen molar-refractivity contribution >= 4 is 29.2 Å². The molecule has 0 saturated carbocycles. The van der Waals surface area contributed by atoms with Crippen LogP contribution in [0.25, 0.3) is 5.65 Å². The molecular formula is C28H41N5O3. The van der Waals surface area contributed by atoms with Crippen molar-refractivity contribution in [1.82, 2.24) is 19.6 Å². The van der Waals surface area contributed by atoms with Crippen molar-refractivity contribution in [3.05, 3.63) is 54.9 Å². The Balaban J connectivity index is 0.000000493. The Labute approximate surface area is 214 Å². The number of piperidine rings is 1. The van der Waals surface area contributed by atoms with Crippen molar-refractivity contribution < 1.29 is 14.4 Å². The number of carbonyl (C=O) groups is 3. The predicted molar refractivity (Wildman–Crippen MR) is 145 cm³/mol. The first-order valence-corrected chi connectivity index (χ1v) is 12.9. The molecule has 3 rings (SSSR count). The Morgan fingerprint density at radius 3 is 2.47 bits per heavy atom. The summed E-state index contributed by atoms with van der Waals surface area (Å²) in [5.74, 6) is 0.363. The molecule has 0 radical (unpaired) electrons. The zero-order chi connectivity index (χ0) is 26.5. The molecule has 0 spiro atoms. The fraction of sp³-hybridized carbons (Fsp3) is 0.500. The standard InChI is InChI=1S/C20H27N5O3.C8H14/c1-4-18(26)23-17-7-5-6-16-22-15(12-25(16)17)20(28)24-10-8-14(9-11-24)21-19(27)13(2)3;1-3-5-7-8-6-4-2/h5-7,12-14H,4,8-11H2,1-3H3,(H,21,27)(H,23,26);3,6,8H,1,4-5,7H2,2H3/b;8-6-. The fourth-order valence-corrected chi connectivity index (χ4v) is 3.70. The van der Waals surface area contributed by atoms with E-state index in [-0.39, 0.29) is 29.7 Å². The average Bonchev–Trinajstić information content (AvgIpc) is 3.32. The van der Waals surface area contributed by atoms with Gasteiger partial charge in [-0.25, -0.2) is 4.98 Å². The number of fused-ring (bicyclic) bond motifs is 1. The molecule has 0 unspecified atom stereocenters. The third-order valence-corrected chi connectivity index (χ3v) is 5.89. The van der Waals surface area contributed by atoms with Gasteiger partial charge in [0.05, 0.1) is 0 Å². The number of allylic oxidation sites excluding steroid dienone is 3. The first kappa shape index (κ1) is 28.8. The number of amides is 3. The number of likely N-dealkylation sites (tertiary alicyclic amines) is 1. The molecule has 0 aliphatic carbocycles. The summed E-state index contributed by atoms with van der Waals surface area (Å²) >= 11 is 0. The van der Waals surface area contributed by atoms with Gasteiger partial charge in [0.1, 0.15) is 17.2 Å². The largest absolute Gasteiger partial charge is 0.353 e. The number of imidazole rings is 1. The average molecular weight is 496 g/mol. The van der Waals surface area contributed by atoms with Gasteiger partial charge in [0.2, 0.25) is 11.8 Å². The van der Waals surface area contributed by atoms with Crippen molar-refractivity contribution in [3.63, 3.8) is 0 Å². The van der Waals surface area contributed by atoms with Crippen LogP contribution in [0.1, 0.15) is 76.7 Å². The van der Waals surface area contributed by atoms with E-state index in [2.05, 4.69) is 41.3 Å². The Hall–Kier alpha value is -3.42. The molecule has 1 aliphatic rings. The number of aromatic nitrogens is 2. The molecule has 36 heavy (non-hydrogen) atoms. The van der Waals surface area contributed by atoms with Crippen molar-refractivity contribution in [2.24, 2.45) is 5.92 Å². The summed E-state index contributed by atoms with van der Waals surface area (Å²) in [7, 11) is 0. The molecule has 1 saturated heterocycles. The second-order valence-corrected chi connectivity index (χ2v) is 9.14. The van der Waals surface area contributed by atoms with Gasteiger partial charge in [-0.3, -0.25) is 18.8 Å². The third-order valence-electron chi connectivity index (χ3n) is 5.89. The van der Waals surface area contributed by atoms with E-state index in [0.29, 0.717) is 36.7 Å². The number of rotatable bonds is 9. The van der Waals surface area contributed by atoms with E-state index < -0.39 is 0 Å². The van der Waals surface area contributed by atoms with Gasteiger partial charge in [-0.05, 0) is 44.2 Å². The van der Waals surface area contributed by atoms with E-state index in [1.807, 2.05) is 19.9 Å². The maximum absolute atomic E-state index is 12.9. The highest BCUT2D eigenvalue weighted by molar-refractivity contribution is 5.94. The quantitative estimate of drug-likeness (QED) is 0.379. The third kappa shape index (κ3) is 8.66. The number of carbonyl (C=O) groups excluding carboxylic acids is 3. The first-order valence-electron chi connectivity index (χ1n) is 12.9. The second kappa shape index (κ2) is 14.9. The van der Waals surface area contributed by atoms with Gasteiger partial charge in [0.25, 0.3) is 5.91 Å². The highest BCUT2D eigenvalue weighted by Gasteiger charge is 2.26. The van der Waals surface area contributed by atoms with E-state index in [1.165, 1.54) is 0 Å². The lowest BCUT2D eigenvalue weighted by Crippen LogP contribution is -2.47. The van der Waals surface area contributed by atoms with Crippen LogP contribution in [0.4, 0.5) is 5.82 Å². The van der Waals surface area contributed by atoms with Crippen molar-refractivity contribution in [3.8, 4) is 0 Å². The van der Waals surface area contributed by atoms with Gasteiger partial charge in [-0.2, -0.15) is 0 Å². The molecule has 0 aromatic carbocycles. The Morgan fingerprint density at radius 1 is 1.14 bits per heavy atom. The minimum atomic E-state index is -0.134. The van der Waals surface area contributed by atoms with E-state index in [4.69, 9.17) is 0 Å². The summed E-state index contributed by atoms with van der Waals surface area (Å²) in [4.78, 5) is 42.6. The van der Waals surface area contributed by atoms with Crippen LogP contribution in [-0.4, -0.2) is 51.1 Å². The molecule has 196 valence electrons. The Bertz CT molecular complexity index is 1050. The van der Waals surface area contributed by atoms with Gasteiger partial charge in [0.15, 0.2) is 0 Å². The number of hydrogen-bond acceptors (Lipinski definition) is 4. The first-order chi connectivity index (χ1) is 17.3. The molecule has 1 fully saturated rings. The maximum atomic E-state index is 12.9. The van der Waals surface area contributed by atoms with Gasteiger partial charge in [0, 0.05) is 37.7 Å². The van der Waals surface area contributed by atoms with Crippen LogP contribution >= 0.6 is 0 Å². The van der Waals surface area contributed by atoms with E-state index in [1.54, 1.807) is 40.6 Å². The Morgan fingerprint density at radius 2 is 1.86 bits per heavy atom. The molecule has 0 bridgehead atoms. The highest BCUT2D eigenvalue weighted by Crippen LogP contribution is 2.18. The van der Waals surface area contributed by atoms with Crippen molar-refractivity contribution in [1.29, 1.82) is 0 Å². The number of anilines is 1. The molecule has 3 heterocycles. The fourth-order valence-electron chi connectivity index (χ4n) is 3.70. The lowest BCUT2D eigenvalue weighted by atomic mass is 10.0. The summed E-state index contributed by atoms with van der Waals surface area (Å²) in [6.07, 6.45) is 13.2. The Kier molecular flexibility index (Phi) is 11.9. The number of pyridine rings is 1. The zero-order valence-electron chi connectivity index (χ0n) is 22.1. The maximum Gasteiger partial charge on any atom is 0.274 e. The SMILES string of the molecule is C=CCC/C=C\CC.CCC(=O)Nc1cccc2nc(C(=O)N3CCC(NC(=O)C(C)C)CC3)cn12. The minimum Gasteiger partial charge on any atom is -0.353 e. The second-order valence-electron chi connectivity index (χ2n) is 9.14. The monoisotopic (exact) mass is 495 g/mol. The lowest BCUT2D eigenvalue weighted by molar-refractivity contribution is -0.125. The summed E-state index contributed by atoms with van der Waals surface area (Å²) in [6, 6.07) is 5.48. The van der Waals surface area contributed by atoms with Crippen LogP contribution in [0.3, 0.4) is 0 Å². The van der Waals surface area contributed by atoms with Gasteiger partial charge in [-0.1, -0.05) is 52.0 Å². The van der Waals surface area contributed by atoms with E-state index in [0.717, 1.165) is 32.1 Å². The summed E-state index contributed by atoms with van der Waals surface area (Å²) in [5, 5.41) is 5.85. The number of unbranched alkanes of at least 4 members (excludes halogenated alkanes) is 1. The lowest BCUT2D eigenvalue weighted by Gasteiger charge is -2.32. The molecule has 2 aromatic rings. The smallest absolute Gasteiger partial charge is 0.274 e. The summed E-state index contributed by atoms with van der Waals surface area (Å²) in [5.41, 5.74) is 0.958. The van der Waals surface area contributed by atoms with Crippen LogP contribution in [-0.2, 0) is 9.59 Å². The van der Waals surface area contributed by atoms with Gasteiger partial charge >= 0.3 is 0 Å². The predicted octanol–water partition coefficient (Wildman–Crippen LogP) is 4.98. The molecule has 0 atom stereocenters. The van der Waals surface area contributed by atoms with Crippen LogP contribution in [0.2, 0.25) is 0 Å². The van der Waals surface area contributed by atoms with Gasteiger partial charge in [-0.15, -0.1) is 6.58 Å². The number of nitrogens with zero attached hydrogens (tertiary/aromatic N) is 3. The van der Waals surface area contributed by atoms with Crippen LogP contribution < -0.4 is 10.6 Å². The zero-order valence-corrected chi connectivity index (χ0v) is 22.1. The van der Waals surface area contributed by atoms with E-state index in [9.17, 15) is 14.4 Å². The molecule has 2 N–H and O–H groups in total. The van der Waals surface area contributed by atoms with Crippen LogP contribution in [0, 0.1) is 5.92 Å². The summed E-state index contributed by atoms with van der Waals surface area (Å²) < 4.78 is 1.72. The topological polar surface area (TPSA) is 95.8 Å². The highest BCUT2D eigenvalue weighted by atomic mass is 16.2. The molecule has 8 nitrogen and oxygen atoms in total. The van der Waals surface area contributed by atoms with Gasteiger partial charge < -0.3 is 15.5 Å². The van der Waals surface area contributed by atoms with Crippen molar-refractivity contribution in [2.75, 3.05) is 18.4 Å². The number of hydrogen-bond donors (Lipinski definition) is 2. The molecular weight excluding hydrogens is 454 g/mol. The van der Waals surface area contributed by atoms with E-state index >= 15 is 0 Å². The summed E-state index contributed by atoms with van der Waals surface area (Å²) in [6.45, 7) is 12.4. The molecule has 3 amide bonds. The normalized spacial score (nSPS) is 14.0. The molecule has 1 aliphatic heterocycles.